The van der Waals surface area contributed by atoms with E-state index in [1.54, 1.807) is 18.3 Å². The molecule has 0 radical (unpaired) electrons. The molecule has 0 fully saturated rings. The van der Waals surface area contributed by atoms with Crippen molar-refractivity contribution in [3.05, 3.63) is 93.6 Å². The molecule has 124 valence electrons. The summed E-state index contributed by atoms with van der Waals surface area (Å²) in [6.45, 7) is 0.256. The number of halogens is 2. The average molecular weight is 354 g/mol. The van der Waals surface area contributed by atoms with Crippen LogP contribution < -0.4 is 5.56 Å². The Balaban J connectivity index is 1.74. The fraction of sp³-hybridized carbons (Fsp3) is 0.0500. The van der Waals surface area contributed by atoms with Crippen LogP contribution in [0.25, 0.3) is 22.3 Å². The van der Waals surface area contributed by atoms with Gasteiger partial charge in [0.2, 0.25) is 0 Å². The first-order valence-corrected chi connectivity index (χ1v) is 8.11. The van der Waals surface area contributed by atoms with Crippen LogP contribution in [0.3, 0.4) is 0 Å². The predicted molar refractivity (Wildman–Crippen MR) is 96.4 cm³/mol. The van der Waals surface area contributed by atoms with Crippen LogP contribution in [-0.2, 0) is 6.54 Å². The molecule has 0 saturated carbocycles. The molecule has 0 amide bonds. The summed E-state index contributed by atoms with van der Waals surface area (Å²) >= 11 is 6.07. The van der Waals surface area contributed by atoms with E-state index in [0.717, 1.165) is 16.5 Å². The van der Waals surface area contributed by atoms with E-state index < -0.39 is 5.82 Å². The van der Waals surface area contributed by atoms with E-state index in [9.17, 15) is 9.18 Å². The smallest absolute Gasteiger partial charge is 0.250 e. The van der Waals surface area contributed by atoms with Crippen LogP contribution in [0, 0.1) is 5.82 Å². The molecule has 2 aromatic heterocycles. The number of aromatic nitrogens is 1. The molecule has 25 heavy (non-hydrogen) atoms. The van der Waals surface area contributed by atoms with E-state index in [1.807, 2.05) is 30.3 Å². The standard InChI is InChI=1S/C20H13ClFNO2/c21-17-10-16(22)7-5-14(17)11-23-12-15(6-8-20(23)24)19-9-13-3-1-2-4-18(13)25-19/h1-10,12H,11H2. The van der Waals surface area contributed by atoms with Crippen LogP contribution in [-0.4, -0.2) is 4.57 Å². The van der Waals surface area contributed by atoms with Gasteiger partial charge in [-0.3, -0.25) is 4.79 Å². The molecule has 4 aromatic rings. The summed E-state index contributed by atoms with van der Waals surface area (Å²) in [4.78, 5) is 12.2. The highest BCUT2D eigenvalue weighted by Gasteiger charge is 2.09. The molecule has 2 heterocycles. The number of hydrogen-bond donors (Lipinski definition) is 0. The largest absolute Gasteiger partial charge is 0.456 e. The van der Waals surface area contributed by atoms with Gasteiger partial charge in [-0.2, -0.15) is 0 Å². The lowest BCUT2D eigenvalue weighted by atomic mass is 10.2. The molecule has 0 atom stereocenters. The maximum absolute atomic E-state index is 13.2. The van der Waals surface area contributed by atoms with Gasteiger partial charge in [0.25, 0.3) is 5.56 Å². The van der Waals surface area contributed by atoms with Crippen LogP contribution in [0.15, 0.2) is 76.1 Å². The Morgan fingerprint density at radius 3 is 2.68 bits per heavy atom. The van der Waals surface area contributed by atoms with Gasteiger partial charge in [0, 0.05) is 28.2 Å². The number of nitrogens with zero attached hydrogens (tertiary/aromatic N) is 1. The lowest BCUT2D eigenvalue weighted by Gasteiger charge is -2.09. The third-order valence-electron chi connectivity index (χ3n) is 4.05. The van der Waals surface area contributed by atoms with Crippen LogP contribution in [0.4, 0.5) is 4.39 Å². The van der Waals surface area contributed by atoms with Crippen molar-refractivity contribution < 1.29 is 8.81 Å². The molecule has 0 spiro atoms. The summed E-state index contributed by atoms with van der Waals surface area (Å²) in [6.07, 6.45) is 1.72. The summed E-state index contributed by atoms with van der Waals surface area (Å²) in [5, 5.41) is 1.29. The first-order valence-electron chi connectivity index (χ1n) is 7.73. The quantitative estimate of drug-likeness (QED) is 0.513. The van der Waals surface area contributed by atoms with Crippen molar-refractivity contribution >= 4 is 22.6 Å². The molecule has 3 nitrogen and oxygen atoms in total. The minimum Gasteiger partial charge on any atom is -0.456 e. The van der Waals surface area contributed by atoms with Gasteiger partial charge >= 0.3 is 0 Å². The zero-order chi connectivity index (χ0) is 17.4. The van der Waals surface area contributed by atoms with Crippen molar-refractivity contribution in [2.24, 2.45) is 0 Å². The number of hydrogen-bond acceptors (Lipinski definition) is 2. The Kier molecular flexibility index (Phi) is 3.90. The summed E-state index contributed by atoms with van der Waals surface area (Å²) < 4.78 is 20.6. The summed E-state index contributed by atoms with van der Waals surface area (Å²) in [7, 11) is 0. The lowest BCUT2D eigenvalue weighted by molar-refractivity contribution is 0.625. The molecule has 0 aliphatic heterocycles. The van der Waals surface area contributed by atoms with Crippen molar-refractivity contribution in [2.45, 2.75) is 6.54 Å². The van der Waals surface area contributed by atoms with E-state index in [4.69, 9.17) is 16.0 Å². The third kappa shape index (κ3) is 3.08. The second kappa shape index (κ2) is 6.22. The van der Waals surface area contributed by atoms with Crippen molar-refractivity contribution in [2.75, 3.05) is 0 Å². The molecular formula is C20H13ClFNO2. The third-order valence-corrected chi connectivity index (χ3v) is 4.40. The SMILES string of the molecule is O=c1ccc(-c2cc3ccccc3o2)cn1Cc1ccc(F)cc1Cl. The number of furan rings is 1. The molecule has 0 unspecified atom stereocenters. The summed E-state index contributed by atoms with van der Waals surface area (Å²) in [5.74, 6) is 0.275. The van der Waals surface area contributed by atoms with Crippen LogP contribution in [0.1, 0.15) is 5.56 Å². The van der Waals surface area contributed by atoms with E-state index in [-0.39, 0.29) is 12.1 Å². The Hall–Kier alpha value is -2.85. The first kappa shape index (κ1) is 15.7. The van der Waals surface area contributed by atoms with E-state index in [2.05, 4.69) is 0 Å². The molecule has 5 heteroatoms. The van der Waals surface area contributed by atoms with Gasteiger partial charge in [-0.05, 0) is 35.9 Å². The van der Waals surface area contributed by atoms with Crippen molar-refractivity contribution in [3.63, 3.8) is 0 Å². The highest BCUT2D eigenvalue weighted by atomic mass is 35.5. The highest BCUT2D eigenvalue weighted by Crippen LogP contribution is 2.27. The Bertz CT molecular complexity index is 1100. The number of para-hydroxylation sites is 1. The Labute approximate surface area is 147 Å². The maximum atomic E-state index is 13.2. The maximum Gasteiger partial charge on any atom is 0.250 e. The second-order valence-electron chi connectivity index (χ2n) is 5.77. The Morgan fingerprint density at radius 1 is 1.04 bits per heavy atom. The van der Waals surface area contributed by atoms with Gasteiger partial charge in [-0.25, -0.2) is 4.39 Å². The lowest BCUT2D eigenvalue weighted by Crippen LogP contribution is -2.19. The molecule has 2 aromatic carbocycles. The van der Waals surface area contributed by atoms with Gasteiger partial charge in [0.1, 0.15) is 17.2 Å². The number of pyridine rings is 1. The van der Waals surface area contributed by atoms with Crippen molar-refractivity contribution in [1.82, 2.24) is 4.57 Å². The van der Waals surface area contributed by atoms with Crippen LogP contribution >= 0.6 is 11.6 Å². The fourth-order valence-electron chi connectivity index (χ4n) is 2.76. The topological polar surface area (TPSA) is 35.1 Å². The van der Waals surface area contributed by atoms with Gasteiger partial charge in [0.15, 0.2) is 0 Å². The second-order valence-corrected chi connectivity index (χ2v) is 6.18. The minimum absolute atomic E-state index is 0.166. The normalized spacial score (nSPS) is 11.1. The molecule has 4 rings (SSSR count). The molecule has 0 N–H and O–H groups in total. The molecular weight excluding hydrogens is 341 g/mol. The summed E-state index contributed by atoms with van der Waals surface area (Å²) in [5.41, 5.74) is 2.08. The monoisotopic (exact) mass is 353 g/mol. The Morgan fingerprint density at radius 2 is 1.88 bits per heavy atom. The zero-order valence-electron chi connectivity index (χ0n) is 13.1. The van der Waals surface area contributed by atoms with Gasteiger partial charge in [0.05, 0.1) is 6.54 Å². The first-order chi connectivity index (χ1) is 12.1. The predicted octanol–water partition coefficient (Wildman–Crippen LogP) is 5.10. The average Bonchev–Trinajstić information content (AvgIpc) is 3.03. The minimum atomic E-state index is -0.405. The number of rotatable bonds is 3. The van der Waals surface area contributed by atoms with E-state index in [0.29, 0.717) is 16.3 Å². The van der Waals surface area contributed by atoms with Gasteiger partial charge < -0.3 is 8.98 Å². The van der Waals surface area contributed by atoms with Crippen molar-refractivity contribution in [3.8, 4) is 11.3 Å². The zero-order valence-corrected chi connectivity index (χ0v) is 13.8. The van der Waals surface area contributed by atoms with E-state index >= 15 is 0 Å². The molecule has 0 aliphatic carbocycles. The van der Waals surface area contributed by atoms with Gasteiger partial charge in [-0.1, -0.05) is 35.9 Å². The van der Waals surface area contributed by atoms with Crippen molar-refractivity contribution in [1.29, 1.82) is 0 Å². The molecule has 0 saturated heterocycles. The van der Waals surface area contributed by atoms with Crippen LogP contribution in [0.2, 0.25) is 5.02 Å². The molecule has 0 bridgehead atoms. The van der Waals surface area contributed by atoms with E-state index in [1.165, 1.54) is 22.8 Å². The van der Waals surface area contributed by atoms with Gasteiger partial charge in [-0.15, -0.1) is 0 Å². The fourth-order valence-corrected chi connectivity index (χ4v) is 2.99. The van der Waals surface area contributed by atoms with Crippen LogP contribution in [0.5, 0.6) is 0 Å². The summed E-state index contributed by atoms with van der Waals surface area (Å²) in [6, 6.07) is 17.0. The molecule has 0 aliphatic rings. The number of benzene rings is 2. The highest BCUT2D eigenvalue weighted by molar-refractivity contribution is 6.31. The number of fused-ring (bicyclic) bond motifs is 1.